The maximum Gasteiger partial charge on any atom is 0.339 e. The van der Waals surface area contributed by atoms with Gasteiger partial charge in [-0.1, -0.05) is 0 Å². The van der Waals surface area contributed by atoms with Gasteiger partial charge in [-0.05, 0) is 13.1 Å². The Bertz CT molecular complexity index is 543. The third kappa shape index (κ3) is 3.86. The van der Waals surface area contributed by atoms with Gasteiger partial charge in [0.2, 0.25) is 10.0 Å². The van der Waals surface area contributed by atoms with Crippen molar-refractivity contribution in [3.8, 4) is 0 Å². The molecule has 8 nitrogen and oxygen atoms in total. The zero-order valence-corrected chi connectivity index (χ0v) is 10.5. The molecule has 0 unspecified atom stereocenters. The highest BCUT2D eigenvalue weighted by Gasteiger charge is 2.13. The monoisotopic (exact) mass is 274 g/mol. The van der Waals surface area contributed by atoms with Crippen molar-refractivity contribution < 1.29 is 18.3 Å². The van der Waals surface area contributed by atoms with Gasteiger partial charge < -0.3 is 16.2 Å². The Morgan fingerprint density at radius 3 is 2.78 bits per heavy atom. The van der Waals surface area contributed by atoms with Crippen molar-refractivity contribution in [1.29, 1.82) is 0 Å². The van der Waals surface area contributed by atoms with E-state index in [2.05, 4.69) is 15.0 Å². The van der Waals surface area contributed by atoms with Gasteiger partial charge in [0, 0.05) is 6.54 Å². The number of aromatic carboxylic acids is 1. The summed E-state index contributed by atoms with van der Waals surface area (Å²) >= 11 is 0. The Hall–Kier alpha value is -1.87. The first-order chi connectivity index (χ1) is 8.35. The maximum absolute atomic E-state index is 11.2. The van der Waals surface area contributed by atoms with Crippen LogP contribution in [0.4, 0.5) is 11.5 Å². The molecule has 0 saturated carbocycles. The van der Waals surface area contributed by atoms with Crippen molar-refractivity contribution in [3.05, 3.63) is 17.8 Å². The van der Waals surface area contributed by atoms with Crippen LogP contribution in [0.3, 0.4) is 0 Å². The molecule has 0 aromatic carbocycles. The molecule has 1 heterocycles. The van der Waals surface area contributed by atoms with E-state index in [1.165, 1.54) is 19.3 Å². The zero-order valence-electron chi connectivity index (χ0n) is 9.67. The molecule has 0 saturated heterocycles. The van der Waals surface area contributed by atoms with Gasteiger partial charge in [-0.15, -0.1) is 0 Å². The van der Waals surface area contributed by atoms with Crippen molar-refractivity contribution in [1.82, 2.24) is 9.71 Å². The summed E-state index contributed by atoms with van der Waals surface area (Å²) < 4.78 is 24.5. The lowest BCUT2D eigenvalue weighted by Crippen LogP contribution is -2.26. The molecule has 0 aliphatic heterocycles. The fourth-order valence-electron chi connectivity index (χ4n) is 1.19. The summed E-state index contributed by atoms with van der Waals surface area (Å²) in [4.78, 5) is 14.7. The van der Waals surface area contributed by atoms with Gasteiger partial charge in [0.05, 0.1) is 17.6 Å². The van der Waals surface area contributed by atoms with Crippen LogP contribution in [0.5, 0.6) is 0 Å². The van der Waals surface area contributed by atoms with Crippen LogP contribution in [0, 0.1) is 0 Å². The number of carboxylic acid groups (broad SMARTS) is 1. The highest BCUT2D eigenvalue weighted by atomic mass is 32.2. The summed E-state index contributed by atoms with van der Waals surface area (Å²) in [5.41, 5.74) is 5.55. The predicted molar refractivity (Wildman–Crippen MR) is 66.9 cm³/mol. The number of nitrogens with zero attached hydrogens (tertiary/aromatic N) is 1. The van der Waals surface area contributed by atoms with Crippen LogP contribution in [-0.2, 0) is 10.0 Å². The molecule has 100 valence electrons. The molecule has 1 rings (SSSR count). The fourth-order valence-corrected chi connectivity index (χ4v) is 1.77. The van der Waals surface area contributed by atoms with E-state index < -0.39 is 16.0 Å². The third-order valence-corrected chi connectivity index (χ3v) is 3.48. The van der Waals surface area contributed by atoms with E-state index in [9.17, 15) is 13.2 Å². The normalized spacial score (nSPS) is 11.2. The molecule has 18 heavy (non-hydrogen) atoms. The van der Waals surface area contributed by atoms with Gasteiger partial charge in [0.1, 0.15) is 11.4 Å². The molecule has 0 aliphatic rings. The second-order valence-corrected chi connectivity index (χ2v) is 5.47. The van der Waals surface area contributed by atoms with E-state index in [-0.39, 0.29) is 29.4 Å². The smallest absolute Gasteiger partial charge is 0.339 e. The molecular formula is C9H14N4O4S. The van der Waals surface area contributed by atoms with Crippen molar-refractivity contribution >= 4 is 27.5 Å². The minimum absolute atomic E-state index is 0.0420. The van der Waals surface area contributed by atoms with Gasteiger partial charge >= 0.3 is 5.97 Å². The van der Waals surface area contributed by atoms with Gasteiger partial charge in [0.15, 0.2) is 0 Å². The summed E-state index contributed by atoms with van der Waals surface area (Å²) in [6.45, 7) is 0.0420. The second kappa shape index (κ2) is 5.65. The number of pyridine rings is 1. The minimum atomic E-state index is -3.34. The quantitative estimate of drug-likeness (QED) is 0.540. The lowest BCUT2D eigenvalue weighted by Gasteiger charge is -2.09. The number of nitrogens with two attached hydrogens (primary N) is 1. The van der Waals surface area contributed by atoms with E-state index in [0.717, 1.165) is 0 Å². The van der Waals surface area contributed by atoms with Gasteiger partial charge in [-0.2, -0.15) is 0 Å². The van der Waals surface area contributed by atoms with Crippen LogP contribution in [0.2, 0.25) is 0 Å². The fraction of sp³-hybridized carbons (Fsp3) is 0.333. The largest absolute Gasteiger partial charge is 0.478 e. The van der Waals surface area contributed by atoms with Crippen molar-refractivity contribution in [2.75, 3.05) is 30.4 Å². The summed E-state index contributed by atoms with van der Waals surface area (Å²) in [6.07, 6.45) is 1.29. The van der Waals surface area contributed by atoms with Gasteiger partial charge in [-0.25, -0.2) is 22.9 Å². The van der Waals surface area contributed by atoms with E-state index >= 15 is 0 Å². The summed E-state index contributed by atoms with van der Waals surface area (Å²) in [5.74, 6) is -1.29. The van der Waals surface area contributed by atoms with Crippen molar-refractivity contribution in [3.63, 3.8) is 0 Å². The number of hydrogen-bond acceptors (Lipinski definition) is 6. The lowest BCUT2D eigenvalue weighted by atomic mass is 10.2. The molecule has 0 atom stereocenters. The summed E-state index contributed by atoms with van der Waals surface area (Å²) in [5, 5.41) is 11.6. The topological polar surface area (TPSA) is 134 Å². The predicted octanol–water partition coefficient (Wildman–Crippen LogP) is -0.677. The Morgan fingerprint density at radius 1 is 1.56 bits per heavy atom. The Balaban J connectivity index is 2.77. The number of aromatic nitrogens is 1. The molecule has 9 heteroatoms. The molecule has 0 bridgehead atoms. The number of nitrogens with one attached hydrogen (secondary N) is 2. The van der Waals surface area contributed by atoms with Crippen LogP contribution in [0.1, 0.15) is 10.4 Å². The van der Waals surface area contributed by atoms with E-state index in [1.54, 1.807) is 0 Å². The van der Waals surface area contributed by atoms with Crippen LogP contribution >= 0.6 is 0 Å². The first-order valence-corrected chi connectivity index (χ1v) is 6.65. The average Bonchev–Trinajstić information content (AvgIpc) is 2.30. The van der Waals surface area contributed by atoms with Crippen LogP contribution in [0.15, 0.2) is 12.3 Å². The number of rotatable bonds is 6. The SMILES string of the molecule is CNS(=O)(=O)CCNc1ncc(N)cc1C(=O)O. The number of carbonyl (C=O) groups is 1. The Morgan fingerprint density at radius 2 is 2.22 bits per heavy atom. The Labute approximate surface area is 104 Å². The minimum Gasteiger partial charge on any atom is -0.478 e. The third-order valence-electron chi connectivity index (χ3n) is 2.11. The number of carboxylic acids is 1. The van der Waals surface area contributed by atoms with Gasteiger partial charge in [-0.3, -0.25) is 0 Å². The first kappa shape index (κ1) is 14.2. The Kier molecular flexibility index (Phi) is 4.45. The standard InChI is InChI=1S/C9H14N4O4S/c1-11-18(16,17)3-2-12-8-7(9(14)15)4-6(10)5-13-8/h4-5,11H,2-3,10H2,1H3,(H,12,13)(H,14,15). The molecule has 5 N–H and O–H groups in total. The summed E-state index contributed by atoms with van der Waals surface area (Å²) in [6, 6.07) is 1.25. The van der Waals surface area contributed by atoms with E-state index in [1.807, 2.05) is 0 Å². The van der Waals surface area contributed by atoms with Crippen LogP contribution in [-0.4, -0.2) is 43.8 Å². The molecular weight excluding hydrogens is 260 g/mol. The highest BCUT2D eigenvalue weighted by Crippen LogP contribution is 2.15. The van der Waals surface area contributed by atoms with Crippen LogP contribution in [0.25, 0.3) is 0 Å². The van der Waals surface area contributed by atoms with E-state index in [4.69, 9.17) is 10.8 Å². The first-order valence-electron chi connectivity index (χ1n) is 4.99. The molecule has 0 aliphatic carbocycles. The lowest BCUT2D eigenvalue weighted by molar-refractivity contribution is 0.0697. The molecule has 1 aromatic heterocycles. The zero-order chi connectivity index (χ0) is 13.8. The maximum atomic E-state index is 11.2. The van der Waals surface area contributed by atoms with Crippen molar-refractivity contribution in [2.24, 2.45) is 0 Å². The van der Waals surface area contributed by atoms with Crippen molar-refractivity contribution in [2.45, 2.75) is 0 Å². The molecule has 0 spiro atoms. The number of anilines is 2. The van der Waals surface area contributed by atoms with E-state index in [0.29, 0.717) is 0 Å². The number of sulfonamides is 1. The second-order valence-electron chi connectivity index (χ2n) is 3.42. The average molecular weight is 274 g/mol. The van der Waals surface area contributed by atoms with Crippen LogP contribution < -0.4 is 15.8 Å². The molecule has 1 aromatic rings. The number of hydrogen-bond donors (Lipinski definition) is 4. The molecule has 0 amide bonds. The van der Waals surface area contributed by atoms with Gasteiger partial charge in [0.25, 0.3) is 0 Å². The highest BCUT2D eigenvalue weighted by molar-refractivity contribution is 7.89. The molecule has 0 fully saturated rings. The number of nitrogen functional groups attached to an aromatic ring is 1. The summed E-state index contributed by atoms with van der Waals surface area (Å²) in [7, 11) is -2.04. The molecule has 0 radical (unpaired) electrons.